The number of benzene rings is 1. The number of imide groups is 1. The van der Waals surface area contributed by atoms with E-state index in [1.165, 1.54) is 18.8 Å². The second-order valence-electron chi connectivity index (χ2n) is 6.03. The van der Waals surface area contributed by atoms with Crippen LogP contribution in [0.5, 0.6) is 0 Å². The van der Waals surface area contributed by atoms with Gasteiger partial charge < -0.3 is 9.73 Å². The fraction of sp³-hybridized carbons (Fsp3) is 0.333. The van der Waals surface area contributed by atoms with Crippen LogP contribution < -0.4 is 5.32 Å². The SMILES string of the molecule is CC1NC(=O)N(C)C(=O)C1Cc1nnc(SC/C=C/c2ccccc2)o1. The third-order valence-electron chi connectivity index (χ3n) is 4.16. The molecule has 2 aromatic rings. The Bertz CT molecular complexity index is 806. The molecule has 0 saturated carbocycles. The number of urea groups is 1. The highest BCUT2D eigenvalue weighted by Crippen LogP contribution is 2.22. The summed E-state index contributed by atoms with van der Waals surface area (Å²) in [6.45, 7) is 1.80. The molecule has 1 aliphatic heterocycles. The molecule has 0 radical (unpaired) electrons. The van der Waals surface area contributed by atoms with Crippen molar-refractivity contribution < 1.29 is 14.0 Å². The zero-order valence-electron chi connectivity index (χ0n) is 14.6. The second-order valence-corrected chi connectivity index (χ2v) is 7.00. The first kappa shape index (κ1) is 18.2. The van der Waals surface area contributed by atoms with Crippen molar-refractivity contribution in [3.8, 4) is 0 Å². The lowest BCUT2D eigenvalue weighted by Gasteiger charge is -2.33. The van der Waals surface area contributed by atoms with E-state index in [9.17, 15) is 9.59 Å². The van der Waals surface area contributed by atoms with E-state index in [2.05, 4.69) is 15.5 Å². The third-order valence-corrected chi connectivity index (χ3v) is 4.93. The summed E-state index contributed by atoms with van der Waals surface area (Å²) in [4.78, 5) is 25.0. The summed E-state index contributed by atoms with van der Waals surface area (Å²) in [7, 11) is 1.46. The first-order valence-electron chi connectivity index (χ1n) is 8.29. The number of hydrogen-bond donors (Lipinski definition) is 1. The molecule has 1 N–H and O–H groups in total. The van der Waals surface area contributed by atoms with Crippen LogP contribution in [0.3, 0.4) is 0 Å². The Morgan fingerprint density at radius 3 is 2.81 bits per heavy atom. The van der Waals surface area contributed by atoms with Crippen LogP contribution in [0.25, 0.3) is 6.08 Å². The van der Waals surface area contributed by atoms with Crippen molar-refractivity contribution in [1.29, 1.82) is 0 Å². The van der Waals surface area contributed by atoms with E-state index in [0.29, 0.717) is 23.3 Å². The number of carbonyl (C=O) groups excluding carboxylic acids is 2. The minimum Gasteiger partial charge on any atom is -0.416 e. The number of aromatic nitrogens is 2. The smallest absolute Gasteiger partial charge is 0.324 e. The molecule has 1 fully saturated rings. The molecule has 3 amide bonds. The van der Waals surface area contributed by atoms with Gasteiger partial charge in [-0.3, -0.25) is 9.69 Å². The van der Waals surface area contributed by atoms with E-state index in [4.69, 9.17) is 4.42 Å². The molecule has 3 rings (SSSR count). The molecule has 2 atom stereocenters. The molecule has 2 unspecified atom stereocenters. The first-order valence-corrected chi connectivity index (χ1v) is 9.28. The van der Waals surface area contributed by atoms with Gasteiger partial charge in [-0.1, -0.05) is 54.2 Å². The van der Waals surface area contributed by atoms with E-state index in [-0.39, 0.29) is 18.0 Å². The fourth-order valence-corrected chi connectivity index (χ4v) is 3.24. The van der Waals surface area contributed by atoms with Crippen LogP contribution >= 0.6 is 11.8 Å². The average molecular weight is 372 g/mol. The van der Waals surface area contributed by atoms with Crippen molar-refractivity contribution in [3.05, 3.63) is 47.9 Å². The van der Waals surface area contributed by atoms with Gasteiger partial charge in [0.15, 0.2) is 0 Å². The standard InChI is InChI=1S/C18H20N4O3S/c1-12-14(16(23)22(2)17(24)19-12)11-15-20-21-18(25-15)26-10-6-9-13-7-4-3-5-8-13/h3-9,12,14H,10-11H2,1-2H3,(H,19,24)/b9-6+. The summed E-state index contributed by atoms with van der Waals surface area (Å²) in [5.41, 5.74) is 1.13. The van der Waals surface area contributed by atoms with Gasteiger partial charge in [0, 0.05) is 25.3 Å². The maximum Gasteiger partial charge on any atom is 0.324 e. The maximum atomic E-state index is 12.3. The van der Waals surface area contributed by atoms with Crippen molar-refractivity contribution in [3.63, 3.8) is 0 Å². The van der Waals surface area contributed by atoms with Crippen LogP contribution in [0.15, 0.2) is 46.0 Å². The van der Waals surface area contributed by atoms with Gasteiger partial charge in [-0.25, -0.2) is 4.79 Å². The van der Waals surface area contributed by atoms with Crippen LogP contribution in [0.1, 0.15) is 18.4 Å². The largest absolute Gasteiger partial charge is 0.416 e. The predicted octanol–water partition coefficient (Wildman–Crippen LogP) is 2.60. The van der Waals surface area contributed by atoms with Crippen molar-refractivity contribution in [2.24, 2.45) is 5.92 Å². The van der Waals surface area contributed by atoms with Gasteiger partial charge in [0.05, 0.1) is 5.92 Å². The highest BCUT2D eigenvalue weighted by atomic mass is 32.2. The van der Waals surface area contributed by atoms with Gasteiger partial charge >= 0.3 is 6.03 Å². The van der Waals surface area contributed by atoms with Crippen molar-refractivity contribution in [2.45, 2.75) is 24.6 Å². The molecule has 136 valence electrons. The zero-order valence-corrected chi connectivity index (χ0v) is 15.4. The molecular formula is C18H20N4O3S. The Balaban J connectivity index is 1.54. The van der Waals surface area contributed by atoms with Gasteiger partial charge in [0.2, 0.25) is 11.8 Å². The summed E-state index contributed by atoms with van der Waals surface area (Å²) >= 11 is 1.43. The predicted molar refractivity (Wildman–Crippen MR) is 98.5 cm³/mol. The number of thioether (sulfide) groups is 1. The molecule has 0 spiro atoms. The topological polar surface area (TPSA) is 88.3 Å². The summed E-state index contributed by atoms with van der Waals surface area (Å²) in [5.74, 6) is 0.455. The van der Waals surface area contributed by atoms with E-state index in [0.717, 1.165) is 10.5 Å². The molecule has 7 nitrogen and oxygen atoms in total. The summed E-state index contributed by atoms with van der Waals surface area (Å²) in [6.07, 6.45) is 4.37. The Morgan fingerprint density at radius 2 is 2.04 bits per heavy atom. The fourth-order valence-electron chi connectivity index (χ4n) is 2.65. The van der Waals surface area contributed by atoms with Crippen LogP contribution in [0.4, 0.5) is 4.79 Å². The summed E-state index contributed by atoms with van der Waals surface area (Å²) in [5, 5.41) is 11.2. The normalized spacial score (nSPS) is 20.6. The number of carbonyl (C=O) groups is 2. The maximum absolute atomic E-state index is 12.3. The molecular weight excluding hydrogens is 352 g/mol. The first-order chi connectivity index (χ1) is 12.5. The Labute approximate surface area is 155 Å². The molecule has 0 bridgehead atoms. The van der Waals surface area contributed by atoms with Crippen LogP contribution in [-0.4, -0.2) is 45.9 Å². The molecule has 1 aromatic heterocycles. The molecule has 1 saturated heterocycles. The molecule has 26 heavy (non-hydrogen) atoms. The summed E-state index contributed by atoms with van der Waals surface area (Å²) < 4.78 is 5.62. The number of rotatable bonds is 6. The molecule has 1 aliphatic rings. The highest BCUT2D eigenvalue weighted by Gasteiger charge is 2.37. The van der Waals surface area contributed by atoms with Gasteiger partial charge in [0.25, 0.3) is 5.22 Å². The lowest BCUT2D eigenvalue weighted by atomic mass is 9.94. The molecule has 1 aromatic carbocycles. The lowest BCUT2D eigenvalue weighted by molar-refractivity contribution is -0.134. The minimum atomic E-state index is -0.408. The van der Waals surface area contributed by atoms with Crippen LogP contribution in [0.2, 0.25) is 0 Å². The number of nitrogens with zero attached hydrogens (tertiary/aromatic N) is 3. The average Bonchev–Trinajstić information content (AvgIpc) is 3.09. The van der Waals surface area contributed by atoms with Crippen LogP contribution in [-0.2, 0) is 11.2 Å². The van der Waals surface area contributed by atoms with E-state index < -0.39 is 5.92 Å². The third kappa shape index (κ3) is 4.32. The monoisotopic (exact) mass is 372 g/mol. The Kier molecular flexibility index (Phi) is 5.72. The number of hydrogen-bond acceptors (Lipinski definition) is 6. The number of nitrogens with one attached hydrogen (secondary N) is 1. The van der Waals surface area contributed by atoms with Gasteiger partial charge in [-0.15, -0.1) is 10.2 Å². The van der Waals surface area contributed by atoms with E-state index in [1.54, 1.807) is 6.92 Å². The van der Waals surface area contributed by atoms with Gasteiger partial charge in [0.1, 0.15) is 0 Å². The second kappa shape index (κ2) is 8.18. The lowest BCUT2D eigenvalue weighted by Crippen LogP contribution is -2.58. The zero-order chi connectivity index (χ0) is 18.5. The summed E-state index contributed by atoms with van der Waals surface area (Å²) in [6, 6.07) is 9.37. The molecule has 8 heteroatoms. The van der Waals surface area contributed by atoms with Crippen LogP contribution in [0, 0.1) is 5.92 Å². The highest BCUT2D eigenvalue weighted by molar-refractivity contribution is 7.99. The van der Waals surface area contributed by atoms with Gasteiger partial charge in [-0.2, -0.15) is 0 Å². The Hall–Kier alpha value is -2.61. The minimum absolute atomic E-state index is 0.237. The van der Waals surface area contributed by atoms with Crippen molar-refractivity contribution in [1.82, 2.24) is 20.4 Å². The van der Waals surface area contributed by atoms with Crippen molar-refractivity contribution >= 4 is 29.8 Å². The molecule has 0 aliphatic carbocycles. The number of amides is 3. The van der Waals surface area contributed by atoms with E-state index >= 15 is 0 Å². The van der Waals surface area contributed by atoms with Gasteiger partial charge in [-0.05, 0) is 12.5 Å². The van der Waals surface area contributed by atoms with Crippen molar-refractivity contribution in [2.75, 3.05) is 12.8 Å². The van der Waals surface area contributed by atoms with E-state index in [1.807, 2.05) is 42.5 Å². The molecule has 2 heterocycles. The quantitative estimate of drug-likeness (QED) is 0.784. The Morgan fingerprint density at radius 1 is 1.27 bits per heavy atom.